The van der Waals surface area contributed by atoms with Crippen molar-refractivity contribution in [2.24, 2.45) is 0 Å². The summed E-state index contributed by atoms with van der Waals surface area (Å²) in [6, 6.07) is 0. The highest BCUT2D eigenvalue weighted by molar-refractivity contribution is 5.89. The number of carbonyl (C=O) groups is 1. The quantitative estimate of drug-likeness (QED) is 0.371. The molecule has 0 aliphatic carbocycles. The largest absolute Gasteiger partial charge is 0.463 e. The Kier molecular flexibility index (Phi) is 7.17. The SMILES string of the molecule is CCCCCC(C(=O)OCC)=C(C)C. The highest BCUT2D eigenvalue weighted by Gasteiger charge is 2.11. The summed E-state index contributed by atoms with van der Waals surface area (Å²) in [6.45, 7) is 8.40. The standard InChI is InChI=1S/C12H22O2/c1-5-7-8-9-11(10(3)4)12(13)14-6-2/h5-9H2,1-4H3. The summed E-state index contributed by atoms with van der Waals surface area (Å²) in [5, 5.41) is 0. The first kappa shape index (κ1) is 13.2. The Labute approximate surface area is 87.3 Å². The molecule has 0 atom stereocenters. The van der Waals surface area contributed by atoms with Crippen LogP contribution in [0.5, 0.6) is 0 Å². The van der Waals surface area contributed by atoms with Crippen LogP contribution in [-0.4, -0.2) is 12.6 Å². The first-order valence-corrected chi connectivity index (χ1v) is 5.46. The lowest BCUT2D eigenvalue weighted by molar-refractivity contribution is -0.138. The van der Waals surface area contributed by atoms with Gasteiger partial charge in [-0.25, -0.2) is 4.79 Å². The number of carbonyl (C=O) groups excluding carboxylic acids is 1. The van der Waals surface area contributed by atoms with Gasteiger partial charge in [-0.1, -0.05) is 25.3 Å². The molecule has 0 rings (SSSR count). The molecule has 0 unspecified atom stereocenters. The molecule has 82 valence electrons. The minimum absolute atomic E-state index is 0.136. The van der Waals surface area contributed by atoms with Crippen LogP contribution in [0, 0.1) is 0 Å². The van der Waals surface area contributed by atoms with Crippen molar-refractivity contribution in [2.45, 2.75) is 53.4 Å². The van der Waals surface area contributed by atoms with Gasteiger partial charge in [0, 0.05) is 5.57 Å². The van der Waals surface area contributed by atoms with Crippen molar-refractivity contribution in [1.82, 2.24) is 0 Å². The molecule has 14 heavy (non-hydrogen) atoms. The van der Waals surface area contributed by atoms with Crippen LogP contribution in [0.4, 0.5) is 0 Å². The Hall–Kier alpha value is -0.790. The molecule has 0 aromatic heterocycles. The van der Waals surface area contributed by atoms with E-state index >= 15 is 0 Å². The normalized spacial score (nSPS) is 9.71. The summed E-state index contributed by atoms with van der Waals surface area (Å²) in [7, 11) is 0. The molecule has 0 saturated carbocycles. The molecule has 0 spiro atoms. The van der Waals surface area contributed by atoms with Crippen LogP contribution in [0.1, 0.15) is 53.4 Å². The number of hydrogen-bond acceptors (Lipinski definition) is 2. The van der Waals surface area contributed by atoms with E-state index in [0.29, 0.717) is 6.61 Å². The number of allylic oxidation sites excluding steroid dienone is 1. The first-order valence-electron chi connectivity index (χ1n) is 5.46. The second-order valence-corrected chi connectivity index (χ2v) is 3.66. The third-order valence-corrected chi connectivity index (χ3v) is 2.16. The van der Waals surface area contributed by atoms with Gasteiger partial charge in [0.2, 0.25) is 0 Å². The van der Waals surface area contributed by atoms with Gasteiger partial charge in [-0.15, -0.1) is 0 Å². The van der Waals surface area contributed by atoms with Gasteiger partial charge in [-0.2, -0.15) is 0 Å². The smallest absolute Gasteiger partial charge is 0.333 e. The van der Waals surface area contributed by atoms with Crippen molar-refractivity contribution < 1.29 is 9.53 Å². The second kappa shape index (κ2) is 7.60. The zero-order valence-electron chi connectivity index (χ0n) is 9.85. The van der Waals surface area contributed by atoms with E-state index in [4.69, 9.17) is 4.74 Å². The third-order valence-electron chi connectivity index (χ3n) is 2.16. The molecule has 0 N–H and O–H groups in total. The number of rotatable bonds is 6. The Morgan fingerprint density at radius 2 is 1.79 bits per heavy atom. The zero-order chi connectivity index (χ0) is 11.0. The Morgan fingerprint density at radius 3 is 2.21 bits per heavy atom. The fourth-order valence-corrected chi connectivity index (χ4v) is 1.33. The summed E-state index contributed by atoms with van der Waals surface area (Å²) >= 11 is 0. The molecule has 0 bridgehead atoms. The van der Waals surface area contributed by atoms with E-state index < -0.39 is 0 Å². The van der Waals surface area contributed by atoms with Crippen LogP contribution in [0.15, 0.2) is 11.1 Å². The Balaban J connectivity index is 4.18. The summed E-state index contributed by atoms with van der Waals surface area (Å²) < 4.78 is 5.00. The molecule has 2 nitrogen and oxygen atoms in total. The minimum Gasteiger partial charge on any atom is -0.463 e. The van der Waals surface area contributed by atoms with Crippen molar-refractivity contribution in [1.29, 1.82) is 0 Å². The fourth-order valence-electron chi connectivity index (χ4n) is 1.33. The van der Waals surface area contributed by atoms with Gasteiger partial charge in [0.1, 0.15) is 0 Å². The molecule has 0 radical (unpaired) electrons. The predicted octanol–water partition coefficient (Wildman–Crippen LogP) is 3.47. The van der Waals surface area contributed by atoms with Gasteiger partial charge in [0.05, 0.1) is 6.61 Å². The molecule has 0 aliphatic heterocycles. The molecule has 0 aromatic rings. The highest BCUT2D eigenvalue weighted by Crippen LogP contribution is 2.14. The van der Waals surface area contributed by atoms with Crippen LogP contribution in [-0.2, 0) is 9.53 Å². The molecule has 0 amide bonds. The lowest BCUT2D eigenvalue weighted by Crippen LogP contribution is -2.09. The van der Waals surface area contributed by atoms with Crippen LogP contribution in [0.25, 0.3) is 0 Å². The van der Waals surface area contributed by atoms with Gasteiger partial charge in [0.15, 0.2) is 0 Å². The summed E-state index contributed by atoms with van der Waals surface area (Å²) in [4.78, 5) is 11.5. The predicted molar refractivity (Wildman–Crippen MR) is 59.1 cm³/mol. The van der Waals surface area contributed by atoms with Gasteiger partial charge in [-0.05, 0) is 33.6 Å². The Bertz CT molecular complexity index is 200. The summed E-state index contributed by atoms with van der Waals surface area (Å²) in [6.07, 6.45) is 4.29. The lowest BCUT2D eigenvalue weighted by atomic mass is 10.0. The van der Waals surface area contributed by atoms with Gasteiger partial charge >= 0.3 is 5.97 Å². The molecule has 0 heterocycles. The van der Waals surface area contributed by atoms with E-state index in [0.717, 1.165) is 24.0 Å². The van der Waals surface area contributed by atoms with Crippen LogP contribution >= 0.6 is 0 Å². The van der Waals surface area contributed by atoms with Crippen molar-refractivity contribution in [3.63, 3.8) is 0 Å². The van der Waals surface area contributed by atoms with Crippen molar-refractivity contribution >= 4 is 5.97 Å². The van der Waals surface area contributed by atoms with E-state index in [1.807, 2.05) is 20.8 Å². The molecule has 0 fully saturated rings. The van der Waals surface area contributed by atoms with E-state index in [1.165, 1.54) is 12.8 Å². The van der Waals surface area contributed by atoms with E-state index in [9.17, 15) is 4.79 Å². The van der Waals surface area contributed by atoms with Crippen molar-refractivity contribution in [3.05, 3.63) is 11.1 Å². The maximum atomic E-state index is 11.5. The average Bonchev–Trinajstić information content (AvgIpc) is 2.12. The Morgan fingerprint density at radius 1 is 1.14 bits per heavy atom. The maximum Gasteiger partial charge on any atom is 0.333 e. The number of hydrogen-bond donors (Lipinski definition) is 0. The van der Waals surface area contributed by atoms with Gasteiger partial charge in [0.25, 0.3) is 0 Å². The van der Waals surface area contributed by atoms with Crippen molar-refractivity contribution in [2.75, 3.05) is 6.61 Å². The fraction of sp³-hybridized carbons (Fsp3) is 0.750. The number of unbranched alkanes of at least 4 members (excludes halogenated alkanes) is 2. The molecule has 2 heteroatoms. The minimum atomic E-state index is -0.136. The van der Waals surface area contributed by atoms with E-state index in [2.05, 4.69) is 6.92 Å². The second-order valence-electron chi connectivity index (χ2n) is 3.66. The highest BCUT2D eigenvalue weighted by atomic mass is 16.5. The van der Waals surface area contributed by atoms with Crippen LogP contribution < -0.4 is 0 Å². The maximum absolute atomic E-state index is 11.5. The molecular formula is C12H22O2. The average molecular weight is 198 g/mol. The van der Waals surface area contributed by atoms with Crippen LogP contribution in [0.2, 0.25) is 0 Å². The topological polar surface area (TPSA) is 26.3 Å². The van der Waals surface area contributed by atoms with Crippen molar-refractivity contribution in [3.8, 4) is 0 Å². The molecule has 0 saturated heterocycles. The summed E-state index contributed by atoms with van der Waals surface area (Å²) in [5.74, 6) is -0.136. The van der Waals surface area contributed by atoms with Crippen LogP contribution in [0.3, 0.4) is 0 Å². The van der Waals surface area contributed by atoms with Gasteiger partial charge in [-0.3, -0.25) is 0 Å². The van der Waals surface area contributed by atoms with E-state index in [-0.39, 0.29) is 5.97 Å². The molecule has 0 aromatic carbocycles. The van der Waals surface area contributed by atoms with Gasteiger partial charge < -0.3 is 4.74 Å². The number of esters is 1. The zero-order valence-corrected chi connectivity index (χ0v) is 9.85. The van der Waals surface area contributed by atoms with E-state index in [1.54, 1.807) is 0 Å². The molecule has 0 aliphatic rings. The molecular weight excluding hydrogens is 176 g/mol. The third kappa shape index (κ3) is 5.05. The number of ether oxygens (including phenoxy) is 1. The first-order chi connectivity index (χ1) is 6.63. The lowest BCUT2D eigenvalue weighted by Gasteiger charge is -2.08. The monoisotopic (exact) mass is 198 g/mol. The summed E-state index contributed by atoms with van der Waals surface area (Å²) in [5.41, 5.74) is 1.94.